The molecule has 0 saturated heterocycles. The van der Waals surface area contributed by atoms with Gasteiger partial charge in [-0.25, -0.2) is 9.97 Å². The third-order valence-electron chi connectivity index (χ3n) is 2.55. The normalized spacial score (nSPS) is 11.0. The summed E-state index contributed by atoms with van der Waals surface area (Å²) in [6, 6.07) is 2.20. The van der Waals surface area contributed by atoms with E-state index in [4.69, 9.17) is 16.3 Å². The summed E-state index contributed by atoms with van der Waals surface area (Å²) in [6.45, 7) is 10.4. The number of hydrogen-bond donors (Lipinski definition) is 0. The van der Waals surface area contributed by atoms with E-state index in [1.807, 2.05) is 13.0 Å². The summed E-state index contributed by atoms with van der Waals surface area (Å²) in [5, 5.41) is 0.469. The molecule has 1 heterocycles. The summed E-state index contributed by atoms with van der Waals surface area (Å²) in [6.07, 6.45) is 1.07. The molecule has 18 heavy (non-hydrogen) atoms. The van der Waals surface area contributed by atoms with Crippen LogP contribution in [0.4, 0.5) is 5.82 Å². The van der Waals surface area contributed by atoms with Gasteiger partial charge >= 0.3 is 0 Å². The van der Waals surface area contributed by atoms with Gasteiger partial charge in [0.2, 0.25) is 0 Å². The summed E-state index contributed by atoms with van der Waals surface area (Å²) in [7, 11) is 0. The zero-order valence-electron chi connectivity index (χ0n) is 11.6. The number of nitrogens with zero attached hydrogens (tertiary/aromatic N) is 3. The molecule has 0 bridgehead atoms. The van der Waals surface area contributed by atoms with Gasteiger partial charge in [-0.2, -0.15) is 0 Å². The lowest BCUT2D eigenvalue weighted by molar-refractivity contribution is 0.128. The van der Waals surface area contributed by atoms with Gasteiger partial charge in [0.25, 0.3) is 0 Å². The third kappa shape index (κ3) is 4.42. The van der Waals surface area contributed by atoms with Crippen molar-refractivity contribution in [3.8, 4) is 0 Å². The molecular weight excluding hydrogens is 250 g/mol. The van der Waals surface area contributed by atoms with Gasteiger partial charge in [0, 0.05) is 25.3 Å². The van der Waals surface area contributed by atoms with E-state index in [0.717, 1.165) is 18.8 Å². The Morgan fingerprint density at radius 2 is 2.06 bits per heavy atom. The van der Waals surface area contributed by atoms with Crippen molar-refractivity contribution in [1.82, 2.24) is 9.97 Å². The molecule has 102 valence electrons. The summed E-state index contributed by atoms with van der Waals surface area (Å²) in [5.41, 5.74) is 0. The first-order valence-electron chi connectivity index (χ1n) is 6.46. The Labute approximate surface area is 114 Å². The van der Waals surface area contributed by atoms with Crippen molar-refractivity contribution < 1.29 is 4.74 Å². The fourth-order valence-electron chi connectivity index (χ4n) is 1.73. The number of halogens is 1. The molecule has 0 radical (unpaired) electrons. The highest BCUT2D eigenvalue weighted by molar-refractivity contribution is 6.29. The Morgan fingerprint density at radius 3 is 2.61 bits per heavy atom. The zero-order valence-corrected chi connectivity index (χ0v) is 12.4. The van der Waals surface area contributed by atoms with Crippen molar-refractivity contribution in [2.45, 2.75) is 46.8 Å². The molecule has 0 aliphatic rings. The Kier molecular flexibility index (Phi) is 6.36. The van der Waals surface area contributed by atoms with Gasteiger partial charge in [-0.05, 0) is 27.2 Å². The van der Waals surface area contributed by atoms with Crippen molar-refractivity contribution >= 4 is 17.4 Å². The first kappa shape index (κ1) is 15.2. The van der Waals surface area contributed by atoms with Crippen LogP contribution in [0.2, 0.25) is 5.15 Å². The largest absolute Gasteiger partial charge is 0.374 e. The second-order valence-corrected chi connectivity index (χ2v) is 4.78. The Bertz CT molecular complexity index is 371. The summed E-state index contributed by atoms with van der Waals surface area (Å²) < 4.78 is 5.33. The average Bonchev–Trinajstić information content (AvgIpc) is 2.32. The van der Waals surface area contributed by atoms with Crippen molar-refractivity contribution in [3.05, 3.63) is 17.0 Å². The molecule has 1 rings (SSSR count). The fourth-order valence-corrected chi connectivity index (χ4v) is 1.93. The second-order valence-electron chi connectivity index (χ2n) is 4.39. The molecule has 1 aromatic heterocycles. The van der Waals surface area contributed by atoms with Gasteiger partial charge in [-0.15, -0.1) is 0 Å². The maximum Gasteiger partial charge on any atom is 0.158 e. The van der Waals surface area contributed by atoms with E-state index in [-0.39, 0.29) is 0 Å². The van der Waals surface area contributed by atoms with Crippen LogP contribution in [-0.4, -0.2) is 29.2 Å². The number of anilines is 1. The van der Waals surface area contributed by atoms with E-state index in [1.165, 1.54) is 0 Å². The van der Waals surface area contributed by atoms with Gasteiger partial charge in [-0.1, -0.05) is 18.5 Å². The summed E-state index contributed by atoms with van der Waals surface area (Å²) in [5.74, 6) is 1.52. The van der Waals surface area contributed by atoms with E-state index >= 15 is 0 Å². The minimum atomic E-state index is 0.385. The molecule has 0 spiro atoms. The van der Waals surface area contributed by atoms with Crippen LogP contribution in [0.1, 0.15) is 39.9 Å². The van der Waals surface area contributed by atoms with E-state index in [0.29, 0.717) is 30.2 Å². The second kappa shape index (κ2) is 7.54. The molecular formula is C13H22ClN3O. The monoisotopic (exact) mass is 271 g/mol. The predicted molar refractivity (Wildman–Crippen MR) is 75.1 cm³/mol. The molecule has 0 N–H and O–H groups in total. The van der Waals surface area contributed by atoms with Crippen LogP contribution < -0.4 is 4.90 Å². The lowest BCUT2D eigenvalue weighted by Gasteiger charge is -2.27. The lowest BCUT2D eigenvalue weighted by Crippen LogP contribution is -2.32. The molecule has 1 aromatic rings. The van der Waals surface area contributed by atoms with Crippen molar-refractivity contribution in [1.29, 1.82) is 0 Å². The van der Waals surface area contributed by atoms with Gasteiger partial charge in [0.1, 0.15) is 17.6 Å². The quantitative estimate of drug-likeness (QED) is 0.714. The van der Waals surface area contributed by atoms with E-state index in [1.54, 1.807) is 0 Å². The van der Waals surface area contributed by atoms with Gasteiger partial charge in [0.05, 0.1) is 0 Å². The Hall–Kier alpha value is -0.870. The minimum Gasteiger partial charge on any atom is -0.374 e. The number of aromatic nitrogens is 2. The maximum atomic E-state index is 6.04. The first-order valence-corrected chi connectivity index (χ1v) is 6.84. The van der Waals surface area contributed by atoms with E-state index < -0.39 is 0 Å². The number of hydrogen-bond acceptors (Lipinski definition) is 4. The Morgan fingerprint density at radius 1 is 1.33 bits per heavy atom. The molecule has 0 atom stereocenters. The van der Waals surface area contributed by atoms with Crippen molar-refractivity contribution in [2.24, 2.45) is 0 Å². The first-order chi connectivity index (χ1) is 8.58. The molecule has 0 aromatic carbocycles. The topological polar surface area (TPSA) is 38.2 Å². The zero-order chi connectivity index (χ0) is 13.5. The molecule has 0 aliphatic carbocycles. The maximum absolute atomic E-state index is 6.04. The predicted octanol–water partition coefficient (Wildman–Crippen LogP) is 3.29. The Balaban J connectivity index is 2.95. The van der Waals surface area contributed by atoms with Crippen LogP contribution in [0, 0.1) is 0 Å². The van der Waals surface area contributed by atoms with Crippen LogP contribution in [0.3, 0.4) is 0 Å². The number of rotatable bonds is 7. The SMILES string of the molecule is CCCN(c1cc(Cl)nc(COCC)n1)C(C)C. The highest BCUT2D eigenvalue weighted by Gasteiger charge is 2.13. The van der Waals surface area contributed by atoms with Gasteiger partial charge in [-0.3, -0.25) is 0 Å². The summed E-state index contributed by atoms with van der Waals surface area (Å²) >= 11 is 6.04. The fraction of sp³-hybridized carbons (Fsp3) is 0.692. The van der Waals surface area contributed by atoms with Crippen LogP contribution in [0.25, 0.3) is 0 Å². The standard InChI is InChI=1S/C13H22ClN3O/c1-5-7-17(10(3)4)13-8-11(14)15-12(16-13)9-18-6-2/h8,10H,5-7,9H2,1-4H3. The van der Waals surface area contributed by atoms with Crippen LogP contribution in [0.15, 0.2) is 6.07 Å². The van der Waals surface area contributed by atoms with E-state index in [2.05, 4.69) is 35.6 Å². The highest BCUT2D eigenvalue weighted by atomic mass is 35.5. The van der Waals surface area contributed by atoms with Gasteiger partial charge < -0.3 is 9.64 Å². The molecule has 0 unspecified atom stereocenters. The average molecular weight is 272 g/mol. The third-order valence-corrected chi connectivity index (χ3v) is 2.74. The van der Waals surface area contributed by atoms with Crippen molar-refractivity contribution in [2.75, 3.05) is 18.1 Å². The highest BCUT2D eigenvalue weighted by Crippen LogP contribution is 2.19. The van der Waals surface area contributed by atoms with Crippen molar-refractivity contribution in [3.63, 3.8) is 0 Å². The van der Waals surface area contributed by atoms with Crippen LogP contribution >= 0.6 is 11.6 Å². The molecule has 0 saturated carbocycles. The smallest absolute Gasteiger partial charge is 0.158 e. The summed E-state index contributed by atoms with van der Waals surface area (Å²) in [4.78, 5) is 10.9. The molecule has 5 heteroatoms. The molecule has 0 amide bonds. The van der Waals surface area contributed by atoms with Gasteiger partial charge in [0.15, 0.2) is 5.82 Å². The molecule has 0 aliphatic heterocycles. The molecule has 0 fully saturated rings. The van der Waals surface area contributed by atoms with E-state index in [9.17, 15) is 0 Å². The van der Waals surface area contributed by atoms with Crippen LogP contribution in [0.5, 0.6) is 0 Å². The number of ether oxygens (including phenoxy) is 1. The lowest BCUT2D eigenvalue weighted by atomic mass is 10.3. The van der Waals surface area contributed by atoms with Crippen LogP contribution in [-0.2, 0) is 11.3 Å². The molecule has 4 nitrogen and oxygen atoms in total. The minimum absolute atomic E-state index is 0.385.